The number of likely N-dealkylation sites (tertiary alicyclic amines) is 1. The van der Waals surface area contributed by atoms with Crippen LogP contribution in [0.15, 0.2) is 0 Å². The molecule has 1 aromatic heterocycles. The van der Waals surface area contributed by atoms with Crippen molar-refractivity contribution >= 4 is 17.5 Å². The summed E-state index contributed by atoms with van der Waals surface area (Å²) in [5, 5.41) is 2.74. The smallest absolute Gasteiger partial charge is 0.381 e. The molecule has 2 aliphatic heterocycles. The first-order valence-electron chi connectivity index (χ1n) is 7.40. The minimum Gasteiger partial charge on any atom is -0.381 e. The Morgan fingerprint density at radius 2 is 2.13 bits per heavy atom. The number of carbonyl (C=O) groups excluding carboxylic acids is 1. The number of piperidine rings is 1. The molecule has 9 heteroatoms. The Morgan fingerprint density at radius 3 is 2.70 bits per heavy atom. The highest BCUT2D eigenvalue weighted by atomic mass is 35.5. The molecule has 3 heterocycles. The van der Waals surface area contributed by atoms with Gasteiger partial charge >= 0.3 is 6.18 Å². The number of alkyl halides is 3. The average Bonchev–Trinajstić information content (AvgIpc) is 3.03. The van der Waals surface area contributed by atoms with Crippen molar-refractivity contribution in [1.82, 2.24) is 14.7 Å². The Hall–Kier alpha value is -1.28. The van der Waals surface area contributed by atoms with Gasteiger partial charge in [0.25, 0.3) is 5.91 Å². The summed E-state index contributed by atoms with van der Waals surface area (Å²) in [7, 11) is 1.30. The van der Waals surface area contributed by atoms with Gasteiger partial charge in [-0.1, -0.05) is 11.6 Å². The zero-order chi connectivity index (χ0) is 16.8. The standard InChI is InChI=1S/C14H17ClF3N3O2/c1-20-10(9(15)11(19-20)14(16,17)18)12(22)21-5-2-3-13(7-21)4-6-23-8-13/h2-8H2,1H3/t13-/m0/s1. The number of carbonyl (C=O) groups is 1. The number of hydrogen-bond donors (Lipinski definition) is 0. The minimum absolute atomic E-state index is 0.0775. The van der Waals surface area contributed by atoms with Crippen LogP contribution in [-0.4, -0.2) is 46.9 Å². The zero-order valence-corrected chi connectivity index (χ0v) is 13.4. The normalized spacial score (nSPS) is 25.3. The number of hydrogen-bond acceptors (Lipinski definition) is 3. The van der Waals surface area contributed by atoms with E-state index < -0.39 is 22.8 Å². The molecule has 1 amide bonds. The van der Waals surface area contributed by atoms with Crippen LogP contribution >= 0.6 is 11.6 Å². The highest BCUT2D eigenvalue weighted by Crippen LogP contribution is 2.39. The van der Waals surface area contributed by atoms with Crippen LogP contribution in [0.5, 0.6) is 0 Å². The van der Waals surface area contributed by atoms with Gasteiger partial charge in [0, 0.05) is 32.2 Å². The molecule has 0 radical (unpaired) electrons. The van der Waals surface area contributed by atoms with E-state index in [1.165, 1.54) is 7.05 Å². The molecular formula is C14H17ClF3N3O2. The average molecular weight is 352 g/mol. The van der Waals surface area contributed by atoms with E-state index >= 15 is 0 Å². The molecule has 5 nitrogen and oxygen atoms in total. The van der Waals surface area contributed by atoms with Crippen molar-refractivity contribution in [2.45, 2.75) is 25.4 Å². The molecule has 1 aromatic rings. The molecule has 0 aliphatic carbocycles. The third-order valence-electron chi connectivity index (χ3n) is 4.59. The lowest BCUT2D eigenvalue weighted by atomic mass is 9.79. The van der Waals surface area contributed by atoms with E-state index in [0.29, 0.717) is 26.3 Å². The van der Waals surface area contributed by atoms with Crippen LogP contribution in [0.25, 0.3) is 0 Å². The second-order valence-corrected chi connectivity index (χ2v) is 6.64. The molecule has 0 N–H and O–H groups in total. The SMILES string of the molecule is Cn1nc(C(F)(F)F)c(Cl)c1C(=O)N1CCC[C@]2(CCOC2)C1. The Kier molecular flexibility index (Phi) is 4.08. The largest absolute Gasteiger partial charge is 0.436 e. The van der Waals surface area contributed by atoms with Gasteiger partial charge in [-0.3, -0.25) is 9.48 Å². The Labute approximate surface area is 136 Å². The summed E-state index contributed by atoms with van der Waals surface area (Å²) < 4.78 is 45.0. The lowest BCUT2D eigenvalue weighted by molar-refractivity contribution is -0.141. The van der Waals surface area contributed by atoms with Crippen molar-refractivity contribution in [3.8, 4) is 0 Å². The minimum atomic E-state index is -4.68. The molecule has 1 spiro atoms. The molecule has 0 bridgehead atoms. The summed E-state index contributed by atoms with van der Waals surface area (Å²) in [5.74, 6) is -0.508. The summed E-state index contributed by atoms with van der Waals surface area (Å²) in [5.41, 5.74) is -1.51. The van der Waals surface area contributed by atoms with Crippen molar-refractivity contribution in [3.63, 3.8) is 0 Å². The van der Waals surface area contributed by atoms with Crippen LogP contribution in [0.2, 0.25) is 5.02 Å². The molecule has 0 unspecified atom stereocenters. The first-order chi connectivity index (χ1) is 10.7. The van der Waals surface area contributed by atoms with E-state index in [2.05, 4.69) is 5.10 Å². The molecule has 2 saturated heterocycles. The van der Waals surface area contributed by atoms with Gasteiger partial charge in [-0.15, -0.1) is 0 Å². The monoisotopic (exact) mass is 351 g/mol. The van der Waals surface area contributed by atoms with E-state index in [1.54, 1.807) is 4.90 Å². The number of rotatable bonds is 1. The Bertz CT molecular complexity index is 624. The number of ether oxygens (including phenoxy) is 1. The number of nitrogens with zero attached hydrogens (tertiary/aromatic N) is 3. The van der Waals surface area contributed by atoms with E-state index in [9.17, 15) is 18.0 Å². The molecule has 1 atom stereocenters. The van der Waals surface area contributed by atoms with Crippen LogP contribution in [0.3, 0.4) is 0 Å². The van der Waals surface area contributed by atoms with Gasteiger partial charge in [0.15, 0.2) is 5.69 Å². The van der Waals surface area contributed by atoms with Crippen molar-refractivity contribution < 1.29 is 22.7 Å². The van der Waals surface area contributed by atoms with Crippen molar-refractivity contribution in [2.24, 2.45) is 12.5 Å². The fraction of sp³-hybridized carbons (Fsp3) is 0.714. The third kappa shape index (κ3) is 2.94. The lowest BCUT2D eigenvalue weighted by Gasteiger charge is -2.39. The van der Waals surface area contributed by atoms with Crippen LogP contribution in [0.4, 0.5) is 13.2 Å². The van der Waals surface area contributed by atoms with Gasteiger partial charge in [0.1, 0.15) is 10.7 Å². The topological polar surface area (TPSA) is 47.4 Å². The maximum atomic E-state index is 12.9. The number of aromatic nitrogens is 2. The molecule has 2 fully saturated rings. The fourth-order valence-electron chi connectivity index (χ4n) is 3.41. The van der Waals surface area contributed by atoms with Crippen LogP contribution in [0.1, 0.15) is 35.4 Å². The molecule has 3 rings (SSSR count). The third-order valence-corrected chi connectivity index (χ3v) is 4.95. The first kappa shape index (κ1) is 16.6. The molecule has 0 aromatic carbocycles. The molecule has 128 valence electrons. The zero-order valence-electron chi connectivity index (χ0n) is 12.6. The van der Waals surface area contributed by atoms with Crippen molar-refractivity contribution in [3.05, 3.63) is 16.4 Å². The summed E-state index contributed by atoms with van der Waals surface area (Å²) in [6.07, 6.45) is -2.06. The summed E-state index contributed by atoms with van der Waals surface area (Å²) in [6, 6.07) is 0. The van der Waals surface area contributed by atoms with Gasteiger partial charge < -0.3 is 9.64 Å². The highest BCUT2D eigenvalue weighted by molar-refractivity contribution is 6.34. The Balaban J connectivity index is 1.87. The predicted molar refractivity (Wildman–Crippen MR) is 76.2 cm³/mol. The van der Waals surface area contributed by atoms with Gasteiger partial charge in [-0.25, -0.2) is 0 Å². The van der Waals surface area contributed by atoms with Gasteiger partial charge in [0.2, 0.25) is 0 Å². The van der Waals surface area contributed by atoms with Gasteiger partial charge in [-0.05, 0) is 19.3 Å². The van der Waals surface area contributed by atoms with Crippen LogP contribution in [-0.2, 0) is 18.0 Å². The van der Waals surface area contributed by atoms with E-state index in [4.69, 9.17) is 16.3 Å². The first-order valence-corrected chi connectivity index (χ1v) is 7.78. The number of halogens is 4. The molecule has 0 saturated carbocycles. The number of amides is 1. The second-order valence-electron chi connectivity index (χ2n) is 6.27. The van der Waals surface area contributed by atoms with E-state index in [1.807, 2.05) is 0 Å². The van der Waals surface area contributed by atoms with Crippen molar-refractivity contribution in [2.75, 3.05) is 26.3 Å². The van der Waals surface area contributed by atoms with Crippen LogP contribution < -0.4 is 0 Å². The second kappa shape index (κ2) is 5.66. The Morgan fingerprint density at radius 1 is 1.39 bits per heavy atom. The van der Waals surface area contributed by atoms with Gasteiger partial charge in [-0.2, -0.15) is 18.3 Å². The van der Waals surface area contributed by atoms with E-state index in [-0.39, 0.29) is 11.1 Å². The predicted octanol–water partition coefficient (Wildman–Crippen LogP) is 2.74. The maximum Gasteiger partial charge on any atom is 0.436 e. The fourth-order valence-corrected chi connectivity index (χ4v) is 3.76. The highest BCUT2D eigenvalue weighted by Gasteiger charge is 2.43. The molecule has 2 aliphatic rings. The molecular weight excluding hydrogens is 335 g/mol. The van der Waals surface area contributed by atoms with Crippen LogP contribution in [0, 0.1) is 5.41 Å². The summed E-state index contributed by atoms with van der Waals surface area (Å²) in [4.78, 5) is 14.3. The number of aryl methyl sites for hydroxylation is 1. The summed E-state index contributed by atoms with van der Waals surface area (Å²) in [6.45, 7) is 2.23. The maximum absolute atomic E-state index is 12.9. The summed E-state index contributed by atoms with van der Waals surface area (Å²) >= 11 is 5.80. The van der Waals surface area contributed by atoms with Crippen molar-refractivity contribution in [1.29, 1.82) is 0 Å². The quantitative estimate of drug-likeness (QED) is 0.781. The lowest BCUT2D eigenvalue weighted by Crippen LogP contribution is -2.47. The molecule has 23 heavy (non-hydrogen) atoms. The van der Waals surface area contributed by atoms with E-state index in [0.717, 1.165) is 23.9 Å². The van der Waals surface area contributed by atoms with Gasteiger partial charge in [0.05, 0.1) is 6.61 Å².